The molecule has 1 aliphatic heterocycles. The predicted molar refractivity (Wildman–Crippen MR) is 129 cm³/mol. The Balaban J connectivity index is 1.56. The van der Waals surface area contributed by atoms with E-state index in [1.165, 1.54) is 6.08 Å². The highest BCUT2D eigenvalue weighted by molar-refractivity contribution is 6.05. The van der Waals surface area contributed by atoms with Gasteiger partial charge >= 0.3 is 0 Å². The lowest BCUT2D eigenvalue weighted by Gasteiger charge is -2.25. The number of carbonyl (C=O) groups is 3. The van der Waals surface area contributed by atoms with Gasteiger partial charge in [-0.3, -0.25) is 14.4 Å². The second-order valence-electron chi connectivity index (χ2n) is 8.18. The second-order valence-corrected chi connectivity index (χ2v) is 8.18. The third kappa shape index (κ3) is 7.08. The molecule has 2 N–H and O–H groups in total. The van der Waals surface area contributed by atoms with Crippen molar-refractivity contribution in [3.8, 4) is 11.8 Å². The third-order valence-electron chi connectivity index (χ3n) is 5.09. The lowest BCUT2D eigenvalue weighted by molar-refractivity contribution is -0.128. The van der Waals surface area contributed by atoms with Crippen LogP contribution in [0.2, 0.25) is 0 Å². The van der Waals surface area contributed by atoms with Crippen LogP contribution in [0.5, 0.6) is 0 Å². The molecule has 0 saturated carbocycles. The normalized spacial score (nSPS) is 12.2. The molecule has 0 aromatic heterocycles. The lowest BCUT2D eigenvalue weighted by Crippen LogP contribution is -2.37. The van der Waals surface area contributed by atoms with Crippen LogP contribution >= 0.6 is 0 Å². The molecule has 6 nitrogen and oxygen atoms in total. The number of fused-ring (bicyclic) bond motifs is 2. The molecule has 0 unspecified atom stereocenters. The fourth-order valence-corrected chi connectivity index (χ4v) is 3.37. The van der Waals surface area contributed by atoms with Gasteiger partial charge in [-0.2, -0.15) is 0 Å². The van der Waals surface area contributed by atoms with Crippen molar-refractivity contribution >= 4 is 23.4 Å². The summed E-state index contributed by atoms with van der Waals surface area (Å²) in [5.41, 5.74) is 3.27. The van der Waals surface area contributed by atoms with E-state index < -0.39 is 0 Å². The Morgan fingerprint density at radius 2 is 1.64 bits per heavy atom. The monoisotopic (exact) mass is 443 g/mol. The Morgan fingerprint density at radius 3 is 2.42 bits per heavy atom. The first-order valence-corrected chi connectivity index (χ1v) is 11.2. The van der Waals surface area contributed by atoms with Crippen LogP contribution in [0.25, 0.3) is 0 Å². The highest BCUT2D eigenvalue weighted by Crippen LogP contribution is 2.25. The van der Waals surface area contributed by atoms with Gasteiger partial charge in [0.05, 0.1) is 12.2 Å². The molecule has 0 fully saturated rings. The zero-order valence-corrected chi connectivity index (χ0v) is 19.1. The number of anilines is 1. The van der Waals surface area contributed by atoms with Crippen molar-refractivity contribution in [3.63, 3.8) is 0 Å². The summed E-state index contributed by atoms with van der Waals surface area (Å²) in [5.74, 6) is 5.87. The molecular weight excluding hydrogens is 414 g/mol. The average molecular weight is 444 g/mol. The average Bonchev–Trinajstić information content (AvgIpc) is 2.79. The highest BCUT2D eigenvalue weighted by Gasteiger charge is 2.23. The van der Waals surface area contributed by atoms with Crippen molar-refractivity contribution in [3.05, 3.63) is 77.4 Å². The fourth-order valence-electron chi connectivity index (χ4n) is 3.37. The van der Waals surface area contributed by atoms with Crippen molar-refractivity contribution in [1.29, 1.82) is 0 Å². The lowest BCUT2D eigenvalue weighted by atomic mass is 10.0. The van der Waals surface area contributed by atoms with Crippen molar-refractivity contribution in [2.45, 2.75) is 33.2 Å². The van der Waals surface area contributed by atoms with Gasteiger partial charge < -0.3 is 15.5 Å². The Bertz CT molecular complexity index is 1110. The number of rotatable bonds is 8. The number of carbonyl (C=O) groups excluding carboxylic acids is 3. The second kappa shape index (κ2) is 11.7. The minimum atomic E-state index is -0.343. The minimum Gasteiger partial charge on any atom is -0.356 e. The summed E-state index contributed by atoms with van der Waals surface area (Å²) in [4.78, 5) is 38.8. The molecule has 3 rings (SSSR count). The van der Waals surface area contributed by atoms with E-state index in [4.69, 9.17) is 0 Å². The maximum atomic E-state index is 13.1. The molecule has 3 amide bonds. The van der Waals surface area contributed by atoms with Gasteiger partial charge in [0.25, 0.3) is 0 Å². The van der Waals surface area contributed by atoms with Crippen LogP contribution in [0.4, 0.5) is 5.69 Å². The smallest absolute Gasteiger partial charge is 0.243 e. The first-order chi connectivity index (χ1) is 15.9. The number of amides is 3. The van der Waals surface area contributed by atoms with Crippen LogP contribution in [-0.2, 0) is 20.9 Å². The van der Waals surface area contributed by atoms with Crippen molar-refractivity contribution in [2.75, 3.05) is 18.0 Å². The molecule has 170 valence electrons. The van der Waals surface area contributed by atoms with Gasteiger partial charge in [0, 0.05) is 24.2 Å². The Kier molecular flexibility index (Phi) is 8.43. The van der Waals surface area contributed by atoms with E-state index >= 15 is 0 Å². The molecule has 0 spiro atoms. The Morgan fingerprint density at radius 1 is 0.970 bits per heavy atom. The number of para-hydroxylation sites is 1. The van der Waals surface area contributed by atoms with Gasteiger partial charge in [-0.15, -0.1) is 0 Å². The Hall–Kier alpha value is -3.85. The van der Waals surface area contributed by atoms with E-state index in [-0.39, 0.29) is 24.1 Å². The van der Waals surface area contributed by atoms with E-state index in [0.29, 0.717) is 37.7 Å². The first kappa shape index (κ1) is 23.8. The molecule has 6 heteroatoms. The van der Waals surface area contributed by atoms with Gasteiger partial charge in [0.1, 0.15) is 6.42 Å². The minimum absolute atomic E-state index is 0.149. The Labute approximate surface area is 195 Å². The maximum Gasteiger partial charge on any atom is 0.243 e. The van der Waals surface area contributed by atoms with E-state index in [0.717, 1.165) is 16.7 Å². The molecule has 33 heavy (non-hydrogen) atoms. The number of nitrogens with one attached hydrogen (secondary N) is 2. The van der Waals surface area contributed by atoms with Gasteiger partial charge in [-0.05, 0) is 42.2 Å². The van der Waals surface area contributed by atoms with Gasteiger partial charge in [0.15, 0.2) is 0 Å². The van der Waals surface area contributed by atoms with Crippen LogP contribution < -0.4 is 15.5 Å². The van der Waals surface area contributed by atoms with Crippen LogP contribution in [0.3, 0.4) is 0 Å². The van der Waals surface area contributed by atoms with Gasteiger partial charge in [-0.25, -0.2) is 0 Å². The molecule has 2 aromatic carbocycles. The van der Waals surface area contributed by atoms with E-state index in [1.807, 2.05) is 68.5 Å². The zero-order valence-electron chi connectivity index (χ0n) is 19.1. The predicted octanol–water partition coefficient (Wildman–Crippen LogP) is 3.16. The third-order valence-corrected chi connectivity index (χ3v) is 5.09. The highest BCUT2D eigenvalue weighted by atomic mass is 16.2. The number of hydrogen-bond donors (Lipinski definition) is 2. The summed E-state index contributed by atoms with van der Waals surface area (Å²) in [5, 5.41) is 5.54. The number of allylic oxidation sites excluding steroid dienone is 1. The largest absolute Gasteiger partial charge is 0.356 e. The molecular formula is C27H29N3O3. The summed E-state index contributed by atoms with van der Waals surface area (Å²) >= 11 is 0. The summed E-state index contributed by atoms with van der Waals surface area (Å²) in [6.45, 7) is 5.18. The summed E-state index contributed by atoms with van der Waals surface area (Å²) in [6, 6.07) is 15.2. The van der Waals surface area contributed by atoms with Crippen LogP contribution in [0, 0.1) is 17.8 Å². The summed E-state index contributed by atoms with van der Waals surface area (Å²) in [7, 11) is 0. The van der Waals surface area contributed by atoms with Gasteiger partial charge in [0.2, 0.25) is 17.7 Å². The molecule has 2 aromatic rings. The topological polar surface area (TPSA) is 78.5 Å². The number of nitrogens with zero attached hydrogens (tertiary/aromatic N) is 1. The SMILES string of the molecule is CC(C)/C=C/C(=O)NCCCNC(=O)CC(=O)N1Cc2ccccc2C#Cc2ccccc21. The van der Waals surface area contributed by atoms with E-state index in [9.17, 15) is 14.4 Å². The molecule has 1 heterocycles. The quantitative estimate of drug-likeness (QED) is 0.285. The first-order valence-electron chi connectivity index (χ1n) is 11.2. The van der Waals surface area contributed by atoms with Gasteiger partial charge in [-0.1, -0.05) is 62.1 Å². The zero-order chi connectivity index (χ0) is 23.6. The van der Waals surface area contributed by atoms with E-state index in [1.54, 1.807) is 4.90 Å². The molecule has 0 aliphatic carbocycles. The molecule has 1 aliphatic rings. The standard InChI is InChI=1S/C27H29N3O3/c1-20(2)12-15-25(31)28-16-7-17-29-26(32)18-27(33)30-19-23-10-4-3-8-21(23)13-14-22-9-5-6-11-24(22)30/h3-6,8-12,15,20H,7,16-19H2,1-2H3,(H,28,31)(H,29,32)/b15-12+. The molecule has 0 bridgehead atoms. The molecule has 0 atom stereocenters. The van der Waals surface area contributed by atoms with Crippen LogP contribution in [-0.4, -0.2) is 30.8 Å². The molecule has 0 radical (unpaired) electrons. The number of benzene rings is 2. The number of hydrogen-bond acceptors (Lipinski definition) is 3. The maximum absolute atomic E-state index is 13.1. The van der Waals surface area contributed by atoms with Crippen molar-refractivity contribution in [1.82, 2.24) is 10.6 Å². The fraction of sp³-hybridized carbons (Fsp3) is 0.296. The van der Waals surface area contributed by atoms with Crippen LogP contribution in [0.15, 0.2) is 60.7 Å². The van der Waals surface area contributed by atoms with E-state index in [2.05, 4.69) is 22.5 Å². The molecule has 0 saturated heterocycles. The summed E-state index contributed by atoms with van der Waals surface area (Å²) in [6.07, 6.45) is 3.67. The summed E-state index contributed by atoms with van der Waals surface area (Å²) < 4.78 is 0. The van der Waals surface area contributed by atoms with Crippen LogP contribution in [0.1, 0.15) is 43.4 Å². The van der Waals surface area contributed by atoms with Crippen molar-refractivity contribution < 1.29 is 14.4 Å². The van der Waals surface area contributed by atoms with Crippen molar-refractivity contribution in [2.24, 2.45) is 5.92 Å².